The largest absolute Gasteiger partial charge is 0.479 e. The lowest BCUT2D eigenvalue weighted by atomic mass is 9.90. The van der Waals surface area contributed by atoms with Crippen molar-refractivity contribution in [3.05, 3.63) is 29.7 Å². The summed E-state index contributed by atoms with van der Waals surface area (Å²) in [6.45, 7) is 1.84. The number of rotatable bonds is 4. The molecule has 0 saturated heterocycles. The summed E-state index contributed by atoms with van der Waals surface area (Å²) in [7, 11) is 0. The van der Waals surface area contributed by atoms with Gasteiger partial charge < -0.3 is 14.6 Å². The first-order chi connectivity index (χ1) is 7.56. The van der Waals surface area contributed by atoms with Crippen LogP contribution >= 0.6 is 0 Å². The zero-order valence-electron chi connectivity index (χ0n) is 9.01. The number of carbonyl (C=O) groups is 1. The average Bonchev–Trinajstić information content (AvgIpc) is 2.91. The van der Waals surface area contributed by atoms with E-state index in [9.17, 15) is 9.90 Å². The molecule has 1 aromatic heterocycles. The first-order valence-corrected chi connectivity index (χ1v) is 5.19. The van der Waals surface area contributed by atoms with Crippen LogP contribution in [-0.2, 0) is 4.79 Å². The van der Waals surface area contributed by atoms with Crippen molar-refractivity contribution in [2.75, 3.05) is 0 Å². The van der Waals surface area contributed by atoms with Gasteiger partial charge in [-0.2, -0.15) is 0 Å². The highest BCUT2D eigenvalue weighted by Crippen LogP contribution is 2.55. The quantitative estimate of drug-likeness (QED) is 0.816. The van der Waals surface area contributed by atoms with Gasteiger partial charge in [0.2, 0.25) is 0 Å². The lowest BCUT2D eigenvalue weighted by Crippen LogP contribution is -2.31. The molecular weight excluding hydrogens is 208 g/mol. The van der Waals surface area contributed by atoms with E-state index in [2.05, 4.69) is 0 Å². The number of hydrogen-bond acceptors (Lipinski definition) is 3. The van der Waals surface area contributed by atoms with E-state index >= 15 is 0 Å². The van der Waals surface area contributed by atoms with Gasteiger partial charge in [-0.3, -0.25) is 0 Å². The van der Waals surface area contributed by atoms with Crippen molar-refractivity contribution in [1.29, 1.82) is 0 Å². The van der Waals surface area contributed by atoms with Gasteiger partial charge in [-0.05, 0) is 38.0 Å². The Morgan fingerprint density at radius 1 is 1.62 bits per heavy atom. The van der Waals surface area contributed by atoms with Gasteiger partial charge in [-0.1, -0.05) is 5.57 Å². The summed E-state index contributed by atoms with van der Waals surface area (Å²) in [6.07, 6.45) is 3.46. The molecule has 1 aromatic rings. The van der Waals surface area contributed by atoms with Gasteiger partial charge in [0.25, 0.3) is 0 Å². The van der Waals surface area contributed by atoms with Crippen LogP contribution in [0.25, 0.3) is 6.08 Å². The van der Waals surface area contributed by atoms with Crippen molar-refractivity contribution in [3.8, 4) is 0 Å². The summed E-state index contributed by atoms with van der Waals surface area (Å²) >= 11 is 0. The van der Waals surface area contributed by atoms with Gasteiger partial charge >= 0.3 is 5.97 Å². The molecule has 2 N–H and O–H groups in total. The van der Waals surface area contributed by atoms with Gasteiger partial charge in [0, 0.05) is 5.41 Å². The van der Waals surface area contributed by atoms with Gasteiger partial charge in [-0.25, -0.2) is 4.79 Å². The van der Waals surface area contributed by atoms with Crippen LogP contribution in [-0.4, -0.2) is 22.3 Å². The first kappa shape index (κ1) is 11.0. The fourth-order valence-electron chi connectivity index (χ4n) is 1.98. The maximum atomic E-state index is 10.8. The smallest absolute Gasteiger partial charge is 0.333 e. The molecule has 4 heteroatoms. The number of furan rings is 1. The predicted molar refractivity (Wildman–Crippen MR) is 57.7 cm³/mol. The summed E-state index contributed by atoms with van der Waals surface area (Å²) in [4.78, 5) is 10.8. The fraction of sp³-hybridized carbons (Fsp3) is 0.417. The second-order valence-electron chi connectivity index (χ2n) is 4.24. The Bertz CT molecular complexity index is 412. The van der Waals surface area contributed by atoms with Crippen molar-refractivity contribution < 1.29 is 19.4 Å². The maximum Gasteiger partial charge on any atom is 0.333 e. The highest BCUT2D eigenvalue weighted by Gasteiger charge is 2.53. The molecule has 2 rings (SSSR count). The summed E-state index contributed by atoms with van der Waals surface area (Å²) in [5.74, 6) is -0.481. The minimum absolute atomic E-state index is 0.585. The highest BCUT2D eigenvalue weighted by molar-refractivity contribution is 5.75. The third kappa shape index (κ3) is 1.76. The molecule has 1 atom stereocenters. The molecular formula is C12H14O4. The van der Waals surface area contributed by atoms with Crippen LogP contribution in [0.2, 0.25) is 0 Å². The minimum atomic E-state index is -1.32. The molecule has 1 saturated carbocycles. The second-order valence-corrected chi connectivity index (χ2v) is 4.24. The minimum Gasteiger partial charge on any atom is -0.479 e. The van der Waals surface area contributed by atoms with Crippen LogP contribution in [0.1, 0.15) is 25.5 Å². The molecule has 1 heterocycles. The van der Waals surface area contributed by atoms with Gasteiger partial charge in [0.05, 0.1) is 6.26 Å². The Labute approximate surface area is 93.2 Å². The van der Waals surface area contributed by atoms with Crippen LogP contribution in [0.15, 0.2) is 28.4 Å². The maximum absolute atomic E-state index is 10.8. The SMILES string of the molecule is C/C(=C\c1ccco1)C1(C(O)C(=O)O)CC1. The molecule has 0 bridgehead atoms. The lowest BCUT2D eigenvalue weighted by Gasteiger charge is -2.19. The van der Waals surface area contributed by atoms with Crippen molar-refractivity contribution in [2.24, 2.45) is 5.41 Å². The Morgan fingerprint density at radius 3 is 2.75 bits per heavy atom. The molecule has 0 spiro atoms. The number of aliphatic carboxylic acids is 1. The third-order valence-corrected chi connectivity index (χ3v) is 3.23. The normalized spacial score (nSPS) is 20.5. The molecule has 86 valence electrons. The summed E-state index contributed by atoms with van der Waals surface area (Å²) in [6, 6.07) is 3.57. The summed E-state index contributed by atoms with van der Waals surface area (Å²) in [5.41, 5.74) is 0.274. The molecule has 4 nitrogen and oxygen atoms in total. The number of hydrogen-bond donors (Lipinski definition) is 2. The number of carboxylic acids is 1. The monoisotopic (exact) mass is 222 g/mol. The lowest BCUT2D eigenvalue weighted by molar-refractivity contribution is -0.149. The van der Waals surface area contributed by atoms with Crippen molar-refractivity contribution in [1.82, 2.24) is 0 Å². The van der Waals surface area contributed by atoms with Crippen LogP contribution in [0.4, 0.5) is 0 Å². The van der Waals surface area contributed by atoms with Crippen molar-refractivity contribution in [2.45, 2.75) is 25.9 Å². The van der Waals surface area contributed by atoms with E-state index in [-0.39, 0.29) is 0 Å². The van der Waals surface area contributed by atoms with Gasteiger partial charge in [0.15, 0.2) is 6.10 Å². The fourth-order valence-corrected chi connectivity index (χ4v) is 1.98. The predicted octanol–water partition coefficient (Wildman–Crippen LogP) is 1.91. The zero-order valence-corrected chi connectivity index (χ0v) is 9.01. The first-order valence-electron chi connectivity index (χ1n) is 5.19. The van der Waals surface area contributed by atoms with E-state index in [1.807, 2.05) is 6.92 Å². The van der Waals surface area contributed by atoms with E-state index in [1.54, 1.807) is 24.5 Å². The van der Waals surface area contributed by atoms with Gasteiger partial charge in [-0.15, -0.1) is 0 Å². The zero-order chi connectivity index (χ0) is 11.8. The number of aliphatic hydroxyl groups excluding tert-OH is 1. The summed E-state index contributed by atoms with van der Waals surface area (Å²) in [5, 5.41) is 18.5. The standard InChI is InChI=1S/C12H14O4/c1-8(7-9-3-2-6-16-9)12(4-5-12)10(13)11(14)15/h2-3,6-7,10,13H,4-5H2,1H3,(H,14,15)/b8-7+. The Balaban J connectivity index is 2.22. The van der Waals surface area contributed by atoms with Crippen LogP contribution < -0.4 is 0 Å². The van der Waals surface area contributed by atoms with E-state index in [4.69, 9.17) is 9.52 Å². The van der Waals surface area contributed by atoms with Crippen molar-refractivity contribution in [3.63, 3.8) is 0 Å². The van der Waals surface area contributed by atoms with E-state index in [0.29, 0.717) is 18.6 Å². The molecule has 1 unspecified atom stereocenters. The highest BCUT2D eigenvalue weighted by atomic mass is 16.4. The molecule has 1 aliphatic carbocycles. The molecule has 0 aromatic carbocycles. The third-order valence-electron chi connectivity index (χ3n) is 3.23. The van der Waals surface area contributed by atoms with Crippen LogP contribution in [0.5, 0.6) is 0 Å². The molecule has 0 aliphatic heterocycles. The Hall–Kier alpha value is -1.55. The van der Waals surface area contributed by atoms with Crippen LogP contribution in [0, 0.1) is 5.41 Å². The van der Waals surface area contributed by atoms with E-state index in [1.165, 1.54) is 0 Å². The molecule has 0 radical (unpaired) electrons. The number of carboxylic acid groups (broad SMARTS) is 1. The average molecular weight is 222 g/mol. The Kier molecular flexibility index (Phi) is 2.59. The molecule has 1 aliphatic rings. The number of aliphatic hydroxyl groups is 1. The van der Waals surface area contributed by atoms with E-state index < -0.39 is 17.5 Å². The molecule has 16 heavy (non-hydrogen) atoms. The van der Waals surface area contributed by atoms with Crippen LogP contribution in [0.3, 0.4) is 0 Å². The molecule has 0 amide bonds. The van der Waals surface area contributed by atoms with Crippen molar-refractivity contribution >= 4 is 12.0 Å². The van der Waals surface area contributed by atoms with Gasteiger partial charge in [0.1, 0.15) is 5.76 Å². The van der Waals surface area contributed by atoms with E-state index in [0.717, 1.165) is 5.57 Å². The molecule has 1 fully saturated rings. The summed E-state index contributed by atoms with van der Waals surface area (Å²) < 4.78 is 5.16. The second kappa shape index (κ2) is 3.79. The topological polar surface area (TPSA) is 70.7 Å². The Morgan fingerprint density at radius 2 is 2.31 bits per heavy atom.